The number of carbonyl (C=O) groups excluding carboxylic acids is 2. The van der Waals surface area contributed by atoms with Crippen molar-refractivity contribution in [2.75, 3.05) is 26.6 Å². The Morgan fingerprint density at radius 3 is 2.19 bits per heavy atom. The fourth-order valence-corrected chi connectivity index (χ4v) is 2.95. The summed E-state index contributed by atoms with van der Waals surface area (Å²) in [5, 5.41) is 2.77. The first-order valence-electron chi connectivity index (χ1n) is 9.48. The van der Waals surface area contributed by atoms with Crippen LogP contribution in [0.1, 0.15) is 22.0 Å². The third-order valence-corrected chi connectivity index (χ3v) is 4.52. The molecule has 0 radical (unpaired) electrons. The lowest BCUT2D eigenvalue weighted by molar-refractivity contribution is -0.125. The highest BCUT2D eigenvalue weighted by atomic mass is 16.5. The summed E-state index contributed by atoms with van der Waals surface area (Å²) in [7, 11) is 4.52. The molecule has 7 heteroatoms. The molecule has 1 amide bonds. The molecule has 0 bridgehead atoms. The molecular formula is C24H23NO6. The normalized spacial score (nSPS) is 11.2. The Balaban J connectivity index is 1.85. The topological polar surface area (TPSA) is 83.1 Å². The van der Waals surface area contributed by atoms with Gasteiger partial charge in [0, 0.05) is 17.3 Å². The molecule has 3 aromatic rings. The van der Waals surface area contributed by atoms with E-state index >= 15 is 0 Å². The van der Waals surface area contributed by atoms with Crippen LogP contribution in [0.5, 0.6) is 17.2 Å². The van der Waals surface area contributed by atoms with Gasteiger partial charge in [-0.1, -0.05) is 36.4 Å². The van der Waals surface area contributed by atoms with Crippen LogP contribution in [0.4, 0.5) is 5.69 Å². The van der Waals surface area contributed by atoms with Crippen LogP contribution < -0.4 is 19.5 Å². The number of methoxy groups -OCH3 is 3. The number of benzene rings is 3. The maximum Gasteiger partial charge on any atom is 0.339 e. The lowest BCUT2D eigenvalue weighted by Gasteiger charge is -2.19. The summed E-state index contributed by atoms with van der Waals surface area (Å²) in [5.41, 5.74) is 1.29. The summed E-state index contributed by atoms with van der Waals surface area (Å²) in [6, 6.07) is 20.4. The fourth-order valence-electron chi connectivity index (χ4n) is 2.95. The Morgan fingerprint density at radius 1 is 0.774 bits per heavy atom. The maximum atomic E-state index is 13.0. The molecule has 0 aliphatic rings. The second kappa shape index (κ2) is 10.2. The molecule has 0 spiro atoms. The summed E-state index contributed by atoms with van der Waals surface area (Å²) in [4.78, 5) is 25.9. The maximum absolute atomic E-state index is 13.0. The van der Waals surface area contributed by atoms with Gasteiger partial charge in [0.15, 0.2) is 11.5 Å². The van der Waals surface area contributed by atoms with Crippen LogP contribution in [0.2, 0.25) is 0 Å². The van der Waals surface area contributed by atoms with Gasteiger partial charge in [-0.3, -0.25) is 4.79 Å². The molecule has 1 atom stereocenters. The number of amides is 1. The van der Waals surface area contributed by atoms with Gasteiger partial charge in [-0.15, -0.1) is 0 Å². The smallest absolute Gasteiger partial charge is 0.339 e. The summed E-state index contributed by atoms with van der Waals surface area (Å²) in [6.07, 6.45) is -1.16. The van der Waals surface area contributed by atoms with Gasteiger partial charge < -0.3 is 24.3 Å². The number of hydrogen-bond acceptors (Lipinski definition) is 6. The Morgan fingerprint density at radius 2 is 1.52 bits per heavy atom. The molecule has 1 unspecified atom stereocenters. The van der Waals surface area contributed by atoms with Gasteiger partial charge in [-0.05, 0) is 30.3 Å². The van der Waals surface area contributed by atoms with Crippen LogP contribution in [0.3, 0.4) is 0 Å². The summed E-state index contributed by atoms with van der Waals surface area (Å²) in [5.74, 6) is 0.295. The standard InChI is InChI=1S/C24H23NO6/c1-28-19-11-7-10-18(15-19)25-23(26)22(16-8-5-4-6-9-16)31-24(27)17-12-13-20(29-2)21(14-17)30-3/h4-15,22H,1-3H3,(H,25,26). The summed E-state index contributed by atoms with van der Waals surface area (Å²) in [6.45, 7) is 0. The van der Waals surface area contributed by atoms with Crippen LogP contribution in [-0.4, -0.2) is 33.2 Å². The first-order chi connectivity index (χ1) is 15.0. The number of anilines is 1. The minimum atomic E-state index is -1.16. The van der Waals surface area contributed by atoms with Crippen molar-refractivity contribution in [3.63, 3.8) is 0 Å². The van der Waals surface area contributed by atoms with E-state index in [9.17, 15) is 9.59 Å². The largest absolute Gasteiger partial charge is 0.497 e. The van der Waals surface area contributed by atoms with Crippen molar-refractivity contribution in [1.29, 1.82) is 0 Å². The zero-order chi connectivity index (χ0) is 22.2. The molecular weight excluding hydrogens is 398 g/mol. The van der Waals surface area contributed by atoms with Gasteiger partial charge in [0.05, 0.1) is 26.9 Å². The van der Waals surface area contributed by atoms with Gasteiger partial charge in [0.1, 0.15) is 5.75 Å². The molecule has 0 aliphatic carbocycles. The van der Waals surface area contributed by atoms with E-state index < -0.39 is 18.0 Å². The number of carbonyl (C=O) groups is 2. The van der Waals surface area contributed by atoms with Crippen molar-refractivity contribution >= 4 is 17.6 Å². The predicted octanol–water partition coefficient (Wildman–Crippen LogP) is 4.25. The highest BCUT2D eigenvalue weighted by molar-refractivity contribution is 5.98. The molecule has 0 fully saturated rings. The second-order valence-corrected chi connectivity index (χ2v) is 6.49. The number of ether oxygens (including phenoxy) is 4. The van der Waals surface area contributed by atoms with Gasteiger partial charge in [-0.25, -0.2) is 4.79 Å². The quantitative estimate of drug-likeness (QED) is 0.548. The molecule has 1 N–H and O–H groups in total. The van der Waals surface area contributed by atoms with Crippen LogP contribution >= 0.6 is 0 Å². The van der Waals surface area contributed by atoms with E-state index in [0.717, 1.165) is 0 Å². The number of rotatable bonds is 8. The monoisotopic (exact) mass is 421 g/mol. The summed E-state index contributed by atoms with van der Waals surface area (Å²) >= 11 is 0. The second-order valence-electron chi connectivity index (χ2n) is 6.49. The van der Waals surface area contributed by atoms with Crippen LogP contribution in [0.15, 0.2) is 72.8 Å². The fraction of sp³-hybridized carbons (Fsp3) is 0.167. The molecule has 31 heavy (non-hydrogen) atoms. The average molecular weight is 421 g/mol. The zero-order valence-corrected chi connectivity index (χ0v) is 17.5. The van der Waals surface area contributed by atoms with Crippen molar-refractivity contribution in [1.82, 2.24) is 0 Å². The van der Waals surface area contributed by atoms with Crippen LogP contribution in [0.25, 0.3) is 0 Å². The molecule has 160 valence electrons. The van der Waals surface area contributed by atoms with Crippen molar-refractivity contribution in [2.45, 2.75) is 6.10 Å². The van der Waals surface area contributed by atoms with E-state index in [1.807, 2.05) is 6.07 Å². The Bertz CT molecular complexity index is 1050. The van der Waals surface area contributed by atoms with Gasteiger partial charge in [-0.2, -0.15) is 0 Å². The van der Waals surface area contributed by atoms with Crippen LogP contribution in [-0.2, 0) is 9.53 Å². The van der Waals surface area contributed by atoms with Crippen molar-refractivity contribution in [3.8, 4) is 17.2 Å². The molecule has 0 heterocycles. The highest BCUT2D eigenvalue weighted by Crippen LogP contribution is 2.29. The minimum Gasteiger partial charge on any atom is -0.497 e. The first-order valence-corrected chi connectivity index (χ1v) is 9.48. The molecule has 7 nitrogen and oxygen atoms in total. The van der Waals surface area contributed by atoms with E-state index in [1.54, 1.807) is 67.8 Å². The molecule has 3 aromatic carbocycles. The van der Waals surface area contributed by atoms with Crippen LogP contribution in [0, 0.1) is 0 Å². The third kappa shape index (κ3) is 5.33. The minimum absolute atomic E-state index is 0.229. The van der Waals surface area contributed by atoms with Gasteiger partial charge in [0.25, 0.3) is 5.91 Å². The molecule has 3 rings (SSSR count). The summed E-state index contributed by atoms with van der Waals surface area (Å²) < 4.78 is 21.2. The van der Waals surface area contributed by atoms with Gasteiger partial charge in [0.2, 0.25) is 6.10 Å². The number of esters is 1. The van der Waals surface area contributed by atoms with E-state index in [0.29, 0.717) is 28.5 Å². The van der Waals surface area contributed by atoms with E-state index in [2.05, 4.69) is 5.32 Å². The van der Waals surface area contributed by atoms with Crippen molar-refractivity contribution < 1.29 is 28.5 Å². The highest BCUT2D eigenvalue weighted by Gasteiger charge is 2.26. The van der Waals surface area contributed by atoms with Crippen molar-refractivity contribution in [3.05, 3.63) is 83.9 Å². The average Bonchev–Trinajstić information content (AvgIpc) is 2.82. The van der Waals surface area contributed by atoms with Gasteiger partial charge >= 0.3 is 5.97 Å². The number of nitrogens with one attached hydrogen (secondary N) is 1. The SMILES string of the molecule is COc1cccc(NC(=O)C(OC(=O)c2ccc(OC)c(OC)c2)c2ccccc2)c1. The Kier molecular flexibility index (Phi) is 7.11. The predicted molar refractivity (Wildman–Crippen MR) is 116 cm³/mol. The Labute approximate surface area is 180 Å². The van der Waals surface area contributed by atoms with E-state index in [4.69, 9.17) is 18.9 Å². The number of hydrogen-bond donors (Lipinski definition) is 1. The van der Waals surface area contributed by atoms with Crippen molar-refractivity contribution in [2.24, 2.45) is 0 Å². The van der Waals surface area contributed by atoms with E-state index in [-0.39, 0.29) is 5.56 Å². The molecule has 0 aliphatic heterocycles. The molecule has 0 aromatic heterocycles. The lowest BCUT2D eigenvalue weighted by atomic mass is 10.1. The molecule has 0 saturated carbocycles. The Hall–Kier alpha value is -4.00. The molecule has 0 saturated heterocycles. The zero-order valence-electron chi connectivity index (χ0n) is 17.5. The first kappa shape index (κ1) is 21.7. The lowest BCUT2D eigenvalue weighted by Crippen LogP contribution is -2.26. The third-order valence-electron chi connectivity index (χ3n) is 4.52. The van der Waals surface area contributed by atoms with E-state index in [1.165, 1.54) is 20.3 Å².